The van der Waals surface area contributed by atoms with Gasteiger partial charge in [-0.15, -0.1) is 11.3 Å². The zero-order valence-electron chi connectivity index (χ0n) is 18.4. The van der Waals surface area contributed by atoms with Crippen molar-refractivity contribution in [2.24, 2.45) is 0 Å². The van der Waals surface area contributed by atoms with Gasteiger partial charge in [0.05, 0.1) is 34.2 Å². The lowest BCUT2D eigenvalue weighted by Crippen LogP contribution is -2.40. The molecule has 35 heavy (non-hydrogen) atoms. The maximum Gasteiger partial charge on any atom is 0.340 e. The van der Waals surface area contributed by atoms with Crippen molar-refractivity contribution in [3.05, 3.63) is 54.4 Å². The highest BCUT2D eigenvalue weighted by Gasteiger charge is 2.30. The highest BCUT2D eigenvalue weighted by Crippen LogP contribution is 2.34. The van der Waals surface area contributed by atoms with Crippen LogP contribution in [0.15, 0.2) is 21.8 Å². The van der Waals surface area contributed by atoms with E-state index in [2.05, 4.69) is 9.97 Å². The molecule has 186 valence electrons. The van der Waals surface area contributed by atoms with Crippen LogP contribution in [0.25, 0.3) is 10.2 Å². The summed E-state index contributed by atoms with van der Waals surface area (Å²) in [5.41, 5.74) is 0.650. The summed E-state index contributed by atoms with van der Waals surface area (Å²) < 4.78 is 37.9. The highest BCUT2D eigenvalue weighted by atomic mass is 35.5. The zero-order valence-corrected chi connectivity index (χ0v) is 21.6. The van der Waals surface area contributed by atoms with Crippen LogP contribution in [0, 0.1) is 0 Å². The van der Waals surface area contributed by atoms with Crippen molar-refractivity contribution in [3.63, 3.8) is 0 Å². The fraction of sp³-hybridized carbons (Fsp3) is 0.409. The lowest BCUT2D eigenvalue weighted by molar-refractivity contribution is 0.0462. The standard InChI is InChI=1S/C22H21Cl2N3O6S2/c23-14-10-15(24)17(35(30,31)27-5-7-32-8-6-27)9-13(14)22(29)33-11-18-25-20(28)19-12-3-1-2-4-16(12)34-21(19)26-18/h9-10H,1-8,11H2,(H,25,26,28). The van der Waals surface area contributed by atoms with Gasteiger partial charge in [-0.05, 0) is 43.4 Å². The molecule has 1 saturated heterocycles. The van der Waals surface area contributed by atoms with Crippen LogP contribution in [0.2, 0.25) is 10.0 Å². The van der Waals surface area contributed by atoms with Gasteiger partial charge in [-0.2, -0.15) is 4.31 Å². The molecule has 9 nitrogen and oxygen atoms in total. The number of aromatic nitrogens is 2. The van der Waals surface area contributed by atoms with Crippen LogP contribution in [-0.2, 0) is 38.9 Å². The number of rotatable bonds is 5. The number of sulfonamides is 1. The Balaban J connectivity index is 1.39. The van der Waals surface area contributed by atoms with Crippen molar-refractivity contribution in [2.45, 2.75) is 37.2 Å². The molecule has 2 aliphatic rings. The number of ether oxygens (including phenoxy) is 2. The van der Waals surface area contributed by atoms with E-state index >= 15 is 0 Å². The fourth-order valence-corrected chi connectivity index (χ4v) is 7.81. The summed E-state index contributed by atoms with van der Waals surface area (Å²) in [7, 11) is -3.97. The molecule has 1 N–H and O–H groups in total. The number of hydrogen-bond donors (Lipinski definition) is 1. The molecule has 0 unspecified atom stereocenters. The minimum atomic E-state index is -3.97. The van der Waals surface area contributed by atoms with Gasteiger partial charge in [0.2, 0.25) is 10.0 Å². The highest BCUT2D eigenvalue weighted by molar-refractivity contribution is 7.89. The van der Waals surface area contributed by atoms with Gasteiger partial charge in [0.1, 0.15) is 22.2 Å². The molecular weight excluding hydrogens is 537 g/mol. The van der Waals surface area contributed by atoms with Crippen LogP contribution < -0.4 is 5.56 Å². The van der Waals surface area contributed by atoms with Crippen molar-refractivity contribution in [3.8, 4) is 0 Å². The Morgan fingerprint density at radius 2 is 1.91 bits per heavy atom. The number of thiophene rings is 1. The van der Waals surface area contributed by atoms with E-state index in [0.717, 1.165) is 37.3 Å². The predicted molar refractivity (Wildman–Crippen MR) is 132 cm³/mol. The van der Waals surface area contributed by atoms with Gasteiger partial charge in [0, 0.05) is 18.0 Å². The van der Waals surface area contributed by atoms with Gasteiger partial charge in [-0.3, -0.25) is 4.79 Å². The Morgan fingerprint density at radius 3 is 2.69 bits per heavy atom. The molecular formula is C22H21Cl2N3O6S2. The van der Waals surface area contributed by atoms with Gasteiger partial charge >= 0.3 is 5.97 Å². The van der Waals surface area contributed by atoms with E-state index in [1.165, 1.54) is 26.6 Å². The van der Waals surface area contributed by atoms with Crippen LogP contribution in [0.3, 0.4) is 0 Å². The maximum atomic E-state index is 13.1. The molecule has 3 aromatic rings. The number of aryl methyl sites for hydroxylation is 2. The van der Waals surface area contributed by atoms with E-state index in [-0.39, 0.29) is 64.8 Å². The quantitative estimate of drug-likeness (QED) is 0.476. The molecule has 0 amide bonds. The van der Waals surface area contributed by atoms with Crippen LogP contribution in [0.5, 0.6) is 0 Å². The number of morpholine rings is 1. The first-order valence-corrected chi connectivity index (χ1v) is 14.0. The molecule has 0 spiro atoms. The first kappa shape index (κ1) is 24.7. The Hall–Kier alpha value is -2.02. The number of halogens is 2. The van der Waals surface area contributed by atoms with Gasteiger partial charge in [-0.25, -0.2) is 18.2 Å². The molecule has 0 radical (unpaired) electrons. The number of fused-ring (bicyclic) bond motifs is 3. The number of aromatic amines is 1. The second kappa shape index (κ2) is 9.79. The topological polar surface area (TPSA) is 119 Å². The van der Waals surface area contributed by atoms with E-state index in [1.54, 1.807) is 0 Å². The number of H-pyrrole nitrogens is 1. The SMILES string of the molecule is O=C(OCc1nc2sc3c(c2c(=O)[nH]1)CCCC3)c1cc(S(=O)(=O)N2CCOCC2)c(Cl)cc1Cl. The van der Waals surface area contributed by atoms with Crippen molar-refractivity contribution in [2.75, 3.05) is 26.3 Å². The first-order valence-electron chi connectivity index (χ1n) is 11.0. The average molecular weight is 558 g/mol. The van der Waals surface area contributed by atoms with E-state index in [4.69, 9.17) is 32.7 Å². The predicted octanol–water partition coefficient (Wildman–Crippen LogP) is 3.55. The zero-order chi connectivity index (χ0) is 24.7. The molecule has 0 saturated carbocycles. The fourth-order valence-electron chi connectivity index (χ4n) is 4.30. The Bertz CT molecular complexity index is 1480. The molecule has 1 aliphatic carbocycles. The van der Waals surface area contributed by atoms with Gasteiger partial charge in [-0.1, -0.05) is 23.2 Å². The third-order valence-electron chi connectivity index (χ3n) is 6.04. The van der Waals surface area contributed by atoms with Crippen LogP contribution >= 0.6 is 34.5 Å². The van der Waals surface area contributed by atoms with E-state index in [0.29, 0.717) is 10.2 Å². The summed E-state index contributed by atoms with van der Waals surface area (Å²) in [5, 5.41) is 0.457. The van der Waals surface area contributed by atoms with Crippen molar-refractivity contribution < 1.29 is 22.7 Å². The third kappa shape index (κ3) is 4.73. The molecule has 2 aromatic heterocycles. The maximum absolute atomic E-state index is 13.1. The summed E-state index contributed by atoms with van der Waals surface area (Å²) in [6, 6.07) is 2.32. The summed E-state index contributed by atoms with van der Waals surface area (Å²) >= 11 is 13.9. The number of carbonyl (C=O) groups is 1. The molecule has 1 aliphatic heterocycles. The van der Waals surface area contributed by atoms with Crippen molar-refractivity contribution in [1.82, 2.24) is 14.3 Å². The Morgan fingerprint density at radius 1 is 1.17 bits per heavy atom. The largest absolute Gasteiger partial charge is 0.454 e. The smallest absolute Gasteiger partial charge is 0.340 e. The van der Waals surface area contributed by atoms with Crippen LogP contribution in [0.4, 0.5) is 0 Å². The molecule has 5 rings (SSSR count). The van der Waals surface area contributed by atoms with Gasteiger partial charge < -0.3 is 14.5 Å². The number of hydrogen-bond acceptors (Lipinski definition) is 8. The lowest BCUT2D eigenvalue weighted by atomic mass is 9.97. The van der Waals surface area contributed by atoms with E-state index in [1.807, 2.05) is 0 Å². The minimum Gasteiger partial charge on any atom is -0.454 e. The Labute approximate surface area is 215 Å². The summed E-state index contributed by atoms with van der Waals surface area (Å²) in [6.45, 7) is 0.574. The van der Waals surface area contributed by atoms with Crippen molar-refractivity contribution in [1.29, 1.82) is 0 Å². The average Bonchev–Trinajstić information content (AvgIpc) is 3.22. The molecule has 0 atom stereocenters. The summed E-state index contributed by atoms with van der Waals surface area (Å²) in [4.78, 5) is 34.2. The molecule has 13 heteroatoms. The third-order valence-corrected chi connectivity index (χ3v) is 9.91. The van der Waals surface area contributed by atoms with Crippen LogP contribution in [-0.4, -0.2) is 55.0 Å². The second-order valence-electron chi connectivity index (χ2n) is 8.26. The lowest BCUT2D eigenvalue weighted by Gasteiger charge is -2.26. The number of benzene rings is 1. The number of esters is 1. The molecule has 3 heterocycles. The van der Waals surface area contributed by atoms with Crippen molar-refractivity contribution >= 4 is 60.7 Å². The number of nitrogens with one attached hydrogen (secondary N) is 1. The monoisotopic (exact) mass is 557 g/mol. The van der Waals surface area contributed by atoms with E-state index in [9.17, 15) is 18.0 Å². The van der Waals surface area contributed by atoms with E-state index < -0.39 is 16.0 Å². The Kier molecular flexibility index (Phi) is 6.90. The number of nitrogens with zero attached hydrogens (tertiary/aromatic N) is 2. The molecule has 1 fully saturated rings. The number of carbonyl (C=O) groups excluding carboxylic acids is 1. The molecule has 1 aromatic carbocycles. The molecule has 0 bridgehead atoms. The summed E-state index contributed by atoms with van der Waals surface area (Å²) in [6.07, 6.45) is 3.93. The van der Waals surface area contributed by atoms with Gasteiger partial charge in [0.15, 0.2) is 0 Å². The van der Waals surface area contributed by atoms with Crippen LogP contribution in [0.1, 0.15) is 39.5 Å². The second-order valence-corrected chi connectivity index (χ2v) is 12.1. The van der Waals surface area contributed by atoms with Gasteiger partial charge in [0.25, 0.3) is 5.56 Å². The minimum absolute atomic E-state index is 0.0521. The summed E-state index contributed by atoms with van der Waals surface area (Å²) in [5.74, 6) is -0.668. The first-order chi connectivity index (χ1) is 16.8. The normalized spacial score (nSPS) is 16.9.